The highest BCUT2D eigenvalue weighted by molar-refractivity contribution is 5.95. The molecule has 166 valence electrons. The van der Waals surface area contributed by atoms with Gasteiger partial charge in [0, 0.05) is 26.1 Å². The molecule has 31 heavy (non-hydrogen) atoms. The number of amides is 2. The van der Waals surface area contributed by atoms with Crippen molar-refractivity contribution in [3.05, 3.63) is 57.3 Å². The van der Waals surface area contributed by atoms with Gasteiger partial charge in [0.15, 0.2) is 5.69 Å². The summed E-state index contributed by atoms with van der Waals surface area (Å²) in [6, 6.07) is 7.90. The molecule has 0 unspecified atom stereocenters. The molecule has 2 amide bonds. The zero-order valence-corrected chi connectivity index (χ0v) is 18.1. The first kappa shape index (κ1) is 22.5. The van der Waals surface area contributed by atoms with Gasteiger partial charge in [-0.3, -0.25) is 14.4 Å². The summed E-state index contributed by atoms with van der Waals surface area (Å²) in [6.45, 7) is 2.44. The van der Waals surface area contributed by atoms with Crippen LogP contribution in [-0.2, 0) is 30.6 Å². The van der Waals surface area contributed by atoms with Gasteiger partial charge in [-0.15, -0.1) is 0 Å². The zero-order valence-electron chi connectivity index (χ0n) is 18.1. The lowest BCUT2D eigenvalue weighted by atomic mass is 10.0. The van der Waals surface area contributed by atoms with Crippen LogP contribution in [0.15, 0.2) is 29.1 Å². The van der Waals surface area contributed by atoms with E-state index in [9.17, 15) is 19.5 Å². The maximum Gasteiger partial charge on any atom is 0.315 e. The Kier molecular flexibility index (Phi) is 7.09. The number of nitrogens with zero attached hydrogens (tertiary/aromatic N) is 3. The Bertz CT molecular complexity index is 1030. The number of aryl methyl sites for hydroxylation is 2. The van der Waals surface area contributed by atoms with Gasteiger partial charge in [0.25, 0.3) is 5.91 Å². The number of carbonyl (C=O) groups is 2. The summed E-state index contributed by atoms with van der Waals surface area (Å²) >= 11 is 0. The number of likely N-dealkylation sites (N-methyl/N-ethyl adjacent to an activating group) is 1. The number of rotatable bonds is 9. The average Bonchev–Trinajstić information content (AvgIpc) is 2.72. The van der Waals surface area contributed by atoms with E-state index in [4.69, 9.17) is 5.73 Å². The number of fused-ring (bicyclic) bond motifs is 1. The maximum atomic E-state index is 12.5. The summed E-state index contributed by atoms with van der Waals surface area (Å²) in [6.07, 6.45) is 5.62. The SMILES string of the molecule is C[C@H]1Cn2c(CCCCCCc3cccc(CC(N)=O)c3)nc(=O)c(O)c2C(=O)N1C. The summed E-state index contributed by atoms with van der Waals surface area (Å²) in [5.74, 6) is -0.684. The third-order valence-electron chi connectivity index (χ3n) is 5.86. The predicted molar refractivity (Wildman–Crippen MR) is 117 cm³/mol. The van der Waals surface area contributed by atoms with E-state index in [1.165, 1.54) is 10.5 Å². The van der Waals surface area contributed by atoms with E-state index in [0.29, 0.717) is 18.8 Å². The number of hydrogen-bond donors (Lipinski definition) is 2. The molecule has 1 aromatic carbocycles. The molecule has 0 saturated carbocycles. The molecule has 1 aromatic heterocycles. The number of primary amides is 1. The number of benzene rings is 1. The monoisotopic (exact) mass is 426 g/mol. The molecule has 8 nitrogen and oxygen atoms in total. The maximum absolute atomic E-state index is 12.5. The van der Waals surface area contributed by atoms with Crippen LogP contribution in [-0.4, -0.2) is 44.5 Å². The molecule has 2 aromatic rings. The van der Waals surface area contributed by atoms with Crippen molar-refractivity contribution in [1.82, 2.24) is 14.5 Å². The van der Waals surface area contributed by atoms with Gasteiger partial charge in [-0.25, -0.2) is 0 Å². The lowest BCUT2D eigenvalue weighted by Gasteiger charge is -2.34. The molecule has 3 N–H and O–H groups in total. The fraction of sp³-hybridized carbons (Fsp3) is 0.478. The quantitative estimate of drug-likeness (QED) is 0.593. The molecule has 1 aliphatic heterocycles. The predicted octanol–water partition coefficient (Wildman–Crippen LogP) is 1.80. The third-order valence-corrected chi connectivity index (χ3v) is 5.86. The fourth-order valence-electron chi connectivity index (χ4n) is 4.01. The van der Waals surface area contributed by atoms with Crippen LogP contribution in [0.2, 0.25) is 0 Å². The summed E-state index contributed by atoms with van der Waals surface area (Å²) in [5.41, 5.74) is 6.69. The van der Waals surface area contributed by atoms with E-state index in [1.54, 1.807) is 11.6 Å². The molecule has 0 saturated heterocycles. The van der Waals surface area contributed by atoms with Crippen LogP contribution in [0.5, 0.6) is 5.75 Å². The number of hydrogen-bond acceptors (Lipinski definition) is 5. The zero-order chi connectivity index (χ0) is 22.5. The lowest BCUT2D eigenvalue weighted by molar-refractivity contribution is -0.117. The minimum atomic E-state index is -0.742. The van der Waals surface area contributed by atoms with Gasteiger partial charge in [0.2, 0.25) is 11.7 Å². The van der Waals surface area contributed by atoms with Gasteiger partial charge in [-0.1, -0.05) is 37.1 Å². The Hall–Kier alpha value is -3.16. The van der Waals surface area contributed by atoms with E-state index in [-0.39, 0.29) is 30.0 Å². The van der Waals surface area contributed by atoms with Crippen LogP contribution in [0.25, 0.3) is 0 Å². The smallest absolute Gasteiger partial charge is 0.315 e. The molecule has 1 aliphatic rings. The van der Waals surface area contributed by atoms with E-state index in [0.717, 1.165) is 37.7 Å². The Morgan fingerprint density at radius 3 is 2.55 bits per heavy atom. The highest BCUT2D eigenvalue weighted by Gasteiger charge is 2.32. The molecule has 0 aliphatic carbocycles. The van der Waals surface area contributed by atoms with Crippen molar-refractivity contribution in [2.24, 2.45) is 5.73 Å². The first-order valence-corrected chi connectivity index (χ1v) is 10.7. The van der Waals surface area contributed by atoms with E-state index in [1.807, 2.05) is 25.1 Å². The van der Waals surface area contributed by atoms with Gasteiger partial charge >= 0.3 is 5.56 Å². The van der Waals surface area contributed by atoms with Crippen molar-refractivity contribution in [1.29, 1.82) is 0 Å². The second kappa shape index (κ2) is 9.76. The summed E-state index contributed by atoms with van der Waals surface area (Å²) in [5, 5.41) is 10.1. The van der Waals surface area contributed by atoms with Crippen LogP contribution in [0.4, 0.5) is 0 Å². The van der Waals surface area contributed by atoms with Crippen LogP contribution >= 0.6 is 0 Å². The van der Waals surface area contributed by atoms with Gasteiger partial charge < -0.3 is 20.3 Å². The Morgan fingerprint density at radius 1 is 1.16 bits per heavy atom. The Morgan fingerprint density at radius 2 is 1.84 bits per heavy atom. The van der Waals surface area contributed by atoms with E-state index in [2.05, 4.69) is 11.1 Å². The van der Waals surface area contributed by atoms with Crippen LogP contribution in [0.1, 0.15) is 60.0 Å². The van der Waals surface area contributed by atoms with Gasteiger partial charge in [0.05, 0.1) is 6.42 Å². The van der Waals surface area contributed by atoms with Crippen molar-refractivity contribution in [2.75, 3.05) is 7.05 Å². The fourth-order valence-corrected chi connectivity index (χ4v) is 4.01. The summed E-state index contributed by atoms with van der Waals surface area (Å²) < 4.78 is 1.70. The van der Waals surface area contributed by atoms with Crippen LogP contribution in [0.3, 0.4) is 0 Å². The number of carbonyl (C=O) groups excluding carboxylic acids is 2. The summed E-state index contributed by atoms with van der Waals surface area (Å²) in [7, 11) is 1.67. The minimum absolute atomic E-state index is 0.0345. The first-order valence-electron chi connectivity index (χ1n) is 10.7. The lowest BCUT2D eigenvalue weighted by Crippen LogP contribution is -2.46. The average molecular weight is 427 g/mol. The molecule has 3 rings (SSSR count). The Labute approximate surface area is 181 Å². The topological polar surface area (TPSA) is 119 Å². The molecule has 2 heterocycles. The van der Waals surface area contributed by atoms with Gasteiger partial charge in [-0.05, 0) is 37.3 Å². The third kappa shape index (κ3) is 5.31. The number of nitrogens with two attached hydrogens (primary N) is 1. The second-order valence-electron chi connectivity index (χ2n) is 8.28. The molecular weight excluding hydrogens is 396 g/mol. The van der Waals surface area contributed by atoms with Gasteiger partial charge in [0.1, 0.15) is 5.82 Å². The number of aromatic nitrogens is 2. The summed E-state index contributed by atoms with van der Waals surface area (Å²) in [4.78, 5) is 41.2. The molecule has 0 radical (unpaired) electrons. The molecular formula is C23H30N4O4. The normalized spacial score (nSPS) is 15.7. The van der Waals surface area contributed by atoms with Crippen molar-refractivity contribution in [3.8, 4) is 5.75 Å². The minimum Gasteiger partial charge on any atom is -0.501 e. The molecule has 0 bridgehead atoms. The second-order valence-corrected chi connectivity index (χ2v) is 8.28. The molecule has 8 heteroatoms. The highest BCUT2D eigenvalue weighted by Crippen LogP contribution is 2.23. The van der Waals surface area contributed by atoms with Crippen LogP contribution in [0, 0.1) is 0 Å². The van der Waals surface area contributed by atoms with Crippen molar-refractivity contribution >= 4 is 11.8 Å². The van der Waals surface area contributed by atoms with Crippen molar-refractivity contribution in [3.63, 3.8) is 0 Å². The van der Waals surface area contributed by atoms with E-state index >= 15 is 0 Å². The van der Waals surface area contributed by atoms with Crippen LogP contribution < -0.4 is 11.3 Å². The van der Waals surface area contributed by atoms with Gasteiger partial charge in [-0.2, -0.15) is 4.98 Å². The number of aromatic hydroxyl groups is 1. The number of unbranched alkanes of at least 4 members (excludes halogenated alkanes) is 3. The first-order chi connectivity index (χ1) is 14.8. The largest absolute Gasteiger partial charge is 0.501 e. The standard InChI is InChI=1S/C23H30N4O4/c1-15-14-27-19(25-22(30)21(29)20(27)23(31)26(15)2)11-6-4-3-5-8-16-9-7-10-17(12-16)13-18(24)28/h7,9-10,12,15,29H,3-6,8,11,13-14H2,1-2H3,(H2,24,28)/t15-/m0/s1. The van der Waals surface area contributed by atoms with Crippen molar-refractivity contribution < 1.29 is 14.7 Å². The van der Waals surface area contributed by atoms with Crippen molar-refractivity contribution in [2.45, 2.75) is 64.5 Å². The van der Waals surface area contributed by atoms with E-state index < -0.39 is 11.3 Å². The Balaban J connectivity index is 1.54. The highest BCUT2D eigenvalue weighted by atomic mass is 16.3. The molecule has 1 atom stereocenters. The molecule has 0 fully saturated rings. The molecule has 0 spiro atoms.